The molecule has 0 bridgehead atoms. The summed E-state index contributed by atoms with van der Waals surface area (Å²) in [5.41, 5.74) is 1.50. The molecule has 0 saturated carbocycles. The first-order valence-corrected chi connectivity index (χ1v) is 10.5. The van der Waals surface area contributed by atoms with E-state index in [2.05, 4.69) is 10.4 Å². The zero-order chi connectivity index (χ0) is 19.0. The summed E-state index contributed by atoms with van der Waals surface area (Å²) in [6.07, 6.45) is 1.95. The van der Waals surface area contributed by atoms with Gasteiger partial charge in [0, 0.05) is 17.1 Å². The highest BCUT2D eigenvalue weighted by Crippen LogP contribution is 2.25. The Morgan fingerprint density at radius 1 is 1.26 bits per heavy atom. The van der Waals surface area contributed by atoms with Crippen molar-refractivity contribution in [1.29, 1.82) is 0 Å². The van der Waals surface area contributed by atoms with Crippen molar-refractivity contribution in [2.75, 3.05) is 11.5 Å². The molecular formula is C18H16ClN3O4S. The molecule has 1 aliphatic rings. The number of carbonyl (C=O) groups is 1. The lowest BCUT2D eigenvalue weighted by molar-refractivity contribution is 0.0935. The summed E-state index contributed by atoms with van der Waals surface area (Å²) in [5, 5.41) is 7.74. The SMILES string of the molecule is O=C(NC1CCS(=O)(=O)C1)c1cc(-c2ccco2)n(-c2ccc(Cl)cc2)n1. The Bertz CT molecular complexity index is 1070. The van der Waals surface area contributed by atoms with E-state index in [1.165, 1.54) is 6.26 Å². The van der Waals surface area contributed by atoms with Crippen molar-refractivity contribution in [2.45, 2.75) is 12.5 Å². The molecular weight excluding hydrogens is 390 g/mol. The summed E-state index contributed by atoms with van der Waals surface area (Å²) in [6, 6.07) is 11.8. The van der Waals surface area contributed by atoms with Crippen molar-refractivity contribution < 1.29 is 17.6 Å². The van der Waals surface area contributed by atoms with E-state index in [-0.39, 0.29) is 17.2 Å². The number of nitrogens with one attached hydrogen (secondary N) is 1. The van der Waals surface area contributed by atoms with E-state index in [0.29, 0.717) is 28.6 Å². The number of aromatic nitrogens is 2. The van der Waals surface area contributed by atoms with Crippen molar-refractivity contribution in [3.63, 3.8) is 0 Å². The van der Waals surface area contributed by atoms with Gasteiger partial charge in [-0.3, -0.25) is 4.79 Å². The minimum atomic E-state index is -3.08. The first-order valence-electron chi connectivity index (χ1n) is 8.32. The topological polar surface area (TPSA) is 94.2 Å². The third kappa shape index (κ3) is 3.77. The lowest BCUT2D eigenvalue weighted by atomic mass is 10.2. The number of amides is 1. The third-order valence-electron chi connectivity index (χ3n) is 4.35. The lowest BCUT2D eigenvalue weighted by Gasteiger charge is -2.09. The highest BCUT2D eigenvalue weighted by molar-refractivity contribution is 7.91. The predicted molar refractivity (Wildman–Crippen MR) is 101 cm³/mol. The highest BCUT2D eigenvalue weighted by Gasteiger charge is 2.30. The summed E-state index contributed by atoms with van der Waals surface area (Å²) < 4.78 is 30.2. The molecule has 27 heavy (non-hydrogen) atoms. The van der Waals surface area contributed by atoms with Gasteiger partial charge in [0.2, 0.25) is 0 Å². The number of rotatable bonds is 4. The van der Waals surface area contributed by atoms with Gasteiger partial charge >= 0.3 is 0 Å². The Morgan fingerprint density at radius 2 is 2.04 bits per heavy atom. The fourth-order valence-corrected chi connectivity index (χ4v) is 4.84. The molecule has 0 aliphatic carbocycles. The van der Waals surface area contributed by atoms with Gasteiger partial charge in [-0.2, -0.15) is 5.10 Å². The van der Waals surface area contributed by atoms with Crippen LogP contribution < -0.4 is 5.32 Å². The zero-order valence-corrected chi connectivity index (χ0v) is 15.7. The molecule has 1 fully saturated rings. The van der Waals surface area contributed by atoms with E-state index < -0.39 is 21.8 Å². The zero-order valence-electron chi connectivity index (χ0n) is 14.1. The van der Waals surface area contributed by atoms with Crippen LogP contribution in [-0.4, -0.2) is 41.7 Å². The van der Waals surface area contributed by atoms with E-state index in [1.54, 1.807) is 47.1 Å². The van der Waals surface area contributed by atoms with E-state index in [0.717, 1.165) is 0 Å². The molecule has 1 unspecified atom stereocenters. The molecule has 9 heteroatoms. The van der Waals surface area contributed by atoms with Gasteiger partial charge in [-0.05, 0) is 42.8 Å². The fourth-order valence-electron chi connectivity index (χ4n) is 3.04. The van der Waals surface area contributed by atoms with Crippen LogP contribution in [0.4, 0.5) is 0 Å². The van der Waals surface area contributed by atoms with Gasteiger partial charge in [0.15, 0.2) is 21.3 Å². The molecule has 3 heterocycles. The van der Waals surface area contributed by atoms with Gasteiger partial charge < -0.3 is 9.73 Å². The minimum Gasteiger partial charge on any atom is -0.463 e. The second-order valence-corrected chi connectivity index (χ2v) is 9.02. The van der Waals surface area contributed by atoms with Gasteiger partial charge in [-0.1, -0.05) is 11.6 Å². The summed E-state index contributed by atoms with van der Waals surface area (Å²) in [6.45, 7) is 0. The first-order chi connectivity index (χ1) is 12.9. The summed E-state index contributed by atoms with van der Waals surface area (Å²) in [7, 11) is -3.08. The number of sulfone groups is 1. The van der Waals surface area contributed by atoms with Crippen molar-refractivity contribution >= 4 is 27.3 Å². The number of benzene rings is 1. The smallest absolute Gasteiger partial charge is 0.272 e. The Labute approximate surface area is 160 Å². The maximum Gasteiger partial charge on any atom is 0.272 e. The monoisotopic (exact) mass is 405 g/mol. The summed E-state index contributed by atoms with van der Waals surface area (Å²) in [4.78, 5) is 12.6. The molecule has 140 valence electrons. The van der Waals surface area contributed by atoms with Crippen molar-refractivity contribution in [1.82, 2.24) is 15.1 Å². The molecule has 2 aromatic heterocycles. The normalized spacial score (nSPS) is 18.5. The van der Waals surface area contributed by atoms with Gasteiger partial charge in [-0.15, -0.1) is 0 Å². The van der Waals surface area contributed by atoms with E-state index in [4.69, 9.17) is 16.0 Å². The number of furan rings is 1. The van der Waals surface area contributed by atoms with Crippen LogP contribution in [0, 0.1) is 0 Å². The molecule has 0 radical (unpaired) electrons. The van der Waals surface area contributed by atoms with Gasteiger partial charge in [0.25, 0.3) is 5.91 Å². The number of carbonyl (C=O) groups excluding carboxylic acids is 1. The molecule has 1 atom stereocenters. The van der Waals surface area contributed by atoms with Crippen LogP contribution in [0.3, 0.4) is 0 Å². The molecule has 1 saturated heterocycles. The van der Waals surface area contributed by atoms with Crippen LogP contribution in [0.15, 0.2) is 53.1 Å². The fraction of sp³-hybridized carbons (Fsp3) is 0.222. The maximum atomic E-state index is 12.6. The number of nitrogens with zero attached hydrogens (tertiary/aromatic N) is 2. The minimum absolute atomic E-state index is 0.0400. The second kappa shape index (κ2) is 6.86. The molecule has 1 amide bonds. The number of hydrogen-bond donors (Lipinski definition) is 1. The maximum absolute atomic E-state index is 12.6. The summed E-state index contributed by atoms with van der Waals surface area (Å²) in [5.74, 6) is 0.189. The molecule has 1 aliphatic heterocycles. The summed E-state index contributed by atoms with van der Waals surface area (Å²) >= 11 is 5.95. The third-order valence-corrected chi connectivity index (χ3v) is 6.37. The first kappa shape index (κ1) is 17.8. The van der Waals surface area contributed by atoms with Crippen LogP contribution in [0.5, 0.6) is 0 Å². The Balaban J connectivity index is 1.67. The Hall–Kier alpha value is -2.58. The van der Waals surface area contributed by atoms with E-state index >= 15 is 0 Å². The van der Waals surface area contributed by atoms with Crippen LogP contribution in [0.25, 0.3) is 17.1 Å². The van der Waals surface area contributed by atoms with Crippen LogP contribution in [-0.2, 0) is 9.84 Å². The molecule has 0 spiro atoms. The number of halogens is 1. The molecule has 4 rings (SSSR count). The Kier molecular flexibility index (Phi) is 4.53. The highest BCUT2D eigenvalue weighted by atomic mass is 35.5. The second-order valence-electron chi connectivity index (χ2n) is 6.35. The number of hydrogen-bond acceptors (Lipinski definition) is 5. The molecule has 1 aromatic carbocycles. The van der Waals surface area contributed by atoms with Gasteiger partial charge in [0.1, 0.15) is 5.69 Å². The van der Waals surface area contributed by atoms with Crippen molar-refractivity contribution in [3.05, 3.63) is 59.4 Å². The molecule has 3 aromatic rings. The van der Waals surface area contributed by atoms with Gasteiger partial charge in [0.05, 0.1) is 23.5 Å². The van der Waals surface area contributed by atoms with Crippen LogP contribution >= 0.6 is 11.6 Å². The van der Waals surface area contributed by atoms with Crippen LogP contribution in [0.2, 0.25) is 5.02 Å². The largest absolute Gasteiger partial charge is 0.463 e. The lowest BCUT2D eigenvalue weighted by Crippen LogP contribution is -2.35. The predicted octanol–water partition coefficient (Wildman–Crippen LogP) is 2.70. The van der Waals surface area contributed by atoms with E-state index in [1.807, 2.05) is 0 Å². The van der Waals surface area contributed by atoms with Crippen molar-refractivity contribution in [3.8, 4) is 17.1 Å². The standard InChI is InChI=1S/C18H16ClN3O4S/c19-12-3-5-14(6-4-12)22-16(17-2-1-8-26-17)10-15(21-22)18(23)20-13-7-9-27(24,25)11-13/h1-6,8,10,13H,7,9,11H2,(H,20,23). The average Bonchev–Trinajstić information content (AvgIpc) is 3.34. The average molecular weight is 406 g/mol. The molecule has 7 nitrogen and oxygen atoms in total. The van der Waals surface area contributed by atoms with Gasteiger partial charge in [-0.25, -0.2) is 13.1 Å². The van der Waals surface area contributed by atoms with Crippen molar-refractivity contribution in [2.24, 2.45) is 0 Å². The molecule has 1 N–H and O–H groups in total. The quantitative estimate of drug-likeness (QED) is 0.720. The van der Waals surface area contributed by atoms with Crippen LogP contribution in [0.1, 0.15) is 16.9 Å². The Morgan fingerprint density at radius 3 is 2.67 bits per heavy atom. The van der Waals surface area contributed by atoms with E-state index in [9.17, 15) is 13.2 Å².